The van der Waals surface area contributed by atoms with Crippen LogP contribution in [0.15, 0.2) is 24.3 Å². The number of carbonyl (C=O) groups is 3. The highest BCUT2D eigenvalue weighted by molar-refractivity contribution is 6.09. The van der Waals surface area contributed by atoms with E-state index in [9.17, 15) is 14.4 Å². The molecule has 4 amide bonds. The predicted octanol–water partition coefficient (Wildman–Crippen LogP) is 1.44. The Bertz CT molecular complexity index is 713. The molecule has 1 aromatic rings. The van der Waals surface area contributed by atoms with E-state index in [2.05, 4.69) is 10.6 Å². The summed E-state index contributed by atoms with van der Waals surface area (Å²) in [5, 5.41) is 5.73. The maximum Gasteiger partial charge on any atom is 0.325 e. The number of hydrogen-bond acceptors (Lipinski definition) is 3. The van der Waals surface area contributed by atoms with Crippen molar-refractivity contribution < 1.29 is 14.4 Å². The molecule has 1 saturated carbocycles. The molecule has 1 saturated heterocycles. The summed E-state index contributed by atoms with van der Waals surface area (Å²) in [6, 6.07) is 7.54. The molecule has 6 nitrogen and oxygen atoms in total. The number of nitrogens with one attached hydrogen (secondary N) is 2. The van der Waals surface area contributed by atoms with Gasteiger partial charge in [0.2, 0.25) is 5.91 Å². The van der Waals surface area contributed by atoms with Gasteiger partial charge in [0, 0.05) is 6.04 Å². The Morgan fingerprint density at radius 1 is 1.25 bits per heavy atom. The normalized spacial score (nSPS) is 26.1. The standard InChI is InChI=1S/C18H21N3O3/c22-15(19-13-8-9-13)11-21-16(23)18(20-17(21)24)10-4-3-6-12-5-1-2-7-14(12)18/h1-2,5,7,13H,3-4,6,8-11H2,(H,19,22)(H,20,24). The lowest BCUT2D eigenvalue weighted by atomic mass is 9.84. The van der Waals surface area contributed by atoms with Crippen LogP contribution in [0, 0.1) is 0 Å². The number of imide groups is 1. The third-order valence-corrected chi connectivity index (χ3v) is 5.14. The van der Waals surface area contributed by atoms with E-state index in [1.165, 1.54) is 0 Å². The van der Waals surface area contributed by atoms with Crippen molar-refractivity contribution in [1.82, 2.24) is 15.5 Å². The fraction of sp³-hybridized carbons (Fsp3) is 0.500. The van der Waals surface area contributed by atoms with Crippen molar-refractivity contribution in [3.8, 4) is 0 Å². The molecule has 0 radical (unpaired) electrons. The molecular weight excluding hydrogens is 306 g/mol. The smallest absolute Gasteiger partial charge is 0.325 e. The molecule has 1 aliphatic heterocycles. The molecular formula is C18H21N3O3. The molecule has 2 N–H and O–H groups in total. The molecule has 1 heterocycles. The lowest BCUT2D eigenvalue weighted by molar-refractivity contribution is -0.135. The highest BCUT2D eigenvalue weighted by atomic mass is 16.2. The van der Waals surface area contributed by atoms with E-state index in [0.717, 1.165) is 48.1 Å². The summed E-state index contributed by atoms with van der Waals surface area (Å²) < 4.78 is 0. The number of benzene rings is 1. The second-order valence-electron chi connectivity index (χ2n) is 6.93. The maximum atomic E-state index is 13.1. The third kappa shape index (κ3) is 2.46. The SMILES string of the molecule is O=C(CN1C(=O)NC2(CCCCc3ccccc32)C1=O)NC1CC1. The first-order valence-electron chi connectivity index (χ1n) is 8.62. The summed E-state index contributed by atoms with van der Waals surface area (Å²) in [4.78, 5) is 38.6. The summed E-state index contributed by atoms with van der Waals surface area (Å²) in [5.41, 5.74) is 0.975. The quantitative estimate of drug-likeness (QED) is 0.825. The van der Waals surface area contributed by atoms with Crippen LogP contribution in [0.4, 0.5) is 4.79 Å². The van der Waals surface area contributed by atoms with Crippen LogP contribution >= 0.6 is 0 Å². The van der Waals surface area contributed by atoms with Crippen LogP contribution in [0.5, 0.6) is 0 Å². The molecule has 1 unspecified atom stereocenters. The zero-order chi connectivity index (χ0) is 16.7. The molecule has 2 fully saturated rings. The number of urea groups is 1. The number of carbonyl (C=O) groups excluding carboxylic acids is 3. The Morgan fingerprint density at radius 2 is 2.04 bits per heavy atom. The number of amides is 4. The second kappa shape index (κ2) is 5.61. The monoisotopic (exact) mass is 327 g/mol. The van der Waals surface area contributed by atoms with Crippen LogP contribution < -0.4 is 10.6 Å². The van der Waals surface area contributed by atoms with Gasteiger partial charge in [-0.1, -0.05) is 24.3 Å². The van der Waals surface area contributed by atoms with Crippen LogP contribution in [0.2, 0.25) is 0 Å². The molecule has 0 aromatic heterocycles. The van der Waals surface area contributed by atoms with Crippen molar-refractivity contribution in [3.05, 3.63) is 35.4 Å². The van der Waals surface area contributed by atoms with Gasteiger partial charge in [0.1, 0.15) is 12.1 Å². The molecule has 1 atom stereocenters. The minimum Gasteiger partial charge on any atom is -0.352 e. The van der Waals surface area contributed by atoms with E-state index in [4.69, 9.17) is 0 Å². The van der Waals surface area contributed by atoms with Gasteiger partial charge < -0.3 is 10.6 Å². The van der Waals surface area contributed by atoms with Gasteiger partial charge >= 0.3 is 6.03 Å². The molecule has 6 heteroatoms. The van der Waals surface area contributed by atoms with E-state index < -0.39 is 11.6 Å². The first-order valence-corrected chi connectivity index (χ1v) is 8.62. The summed E-state index contributed by atoms with van der Waals surface area (Å²) in [7, 11) is 0. The molecule has 126 valence electrons. The maximum absolute atomic E-state index is 13.1. The average molecular weight is 327 g/mol. The van der Waals surface area contributed by atoms with Crippen molar-refractivity contribution in [2.45, 2.75) is 50.1 Å². The molecule has 1 aromatic carbocycles. The average Bonchev–Trinajstić information content (AvgIpc) is 3.36. The number of nitrogens with zero attached hydrogens (tertiary/aromatic N) is 1. The molecule has 0 bridgehead atoms. The summed E-state index contributed by atoms with van der Waals surface area (Å²) in [6.07, 6.45) is 5.29. The predicted molar refractivity (Wildman–Crippen MR) is 87.1 cm³/mol. The van der Waals surface area contributed by atoms with Crippen molar-refractivity contribution in [1.29, 1.82) is 0 Å². The molecule has 2 aliphatic carbocycles. The summed E-state index contributed by atoms with van der Waals surface area (Å²) >= 11 is 0. The van der Waals surface area contributed by atoms with Crippen molar-refractivity contribution in [3.63, 3.8) is 0 Å². The number of fused-ring (bicyclic) bond motifs is 2. The van der Waals surface area contributed by atoms with Crippen LogP contribution in [0.1, 0.15) is 43.2 Å². The first kappa shape index (κ1) is 15.2. The molecule has 4 rings (SSSR count). The lowest BCUT2D eigenvalue weighted by Gasteiger charge is -2.27. The van der Waals surface area contributed by atoms with E-state index in [-0.39, 0.29) is 24.4 Å². The molecule has 24 heavy (non-hydrogen) atoms. The highest BCUT2D eigenvalue weighted by Gasteiger charge is 2.53. The Balaban J connectivity index is 1.63. The fourth-order valence-electron chi connectivity index (χ4n) is 3.76. The van der Waals surface area contributed by atoms with E-state index in [1.807, 2.05) is 24.3 Å². The molecule has 1 spiro atoms. The number of hydrogen-bond donors (Lipinski definition) is 2. The Hall–Kier alpha value is -2.37. The van der Waals surface area contributed by atoms with Crippen molar-refractivity contribution in [2.75, 3.05) is 6.54 Å². The summed E-state index contributed by atoms with van der Waals surface area (Å²) in [6.45, 7) is -0.203. The molecule has 3 aliphatic rings. The largest absolute Gasteiger partial charge is 0.352 e. The van der Waals surface area contributed by atoms with Crippen LogP contribution in [0.3, 0.4) is 0 Å². The minimum atomic E-state index is -1.01. The topological polar surface area (TPSA) is 78.5 Å². The van der Waals surface area contributed by atoms with Gasteiger partial charge in [-0.05, 0) is 49.7 Å². The van der Waals surface area contributed by atoms with Gasteiger partial charge in [0.05, 0.1) is 0 Å². The van der Waals surface area contributed by atoms with E-state index >= 15 is 0 Å². The van der Waals surface area contributed by atoms with Crippen molar-refractivity contribution in [2.24, 2.45) is 0 Å². The van der Waals surface area contributed by atoms with Crippen molar-refractivity contribution >= 4 is 17.8 Å². The second-order valence-corrected chi connectivity index (χ2v) is 6.93. The van der Waals surface area contributed by atoms with Gasteiger partial charge in [-0.15, -0.1) is 0 Å². The Labute approximate surface area is 140 Å². The van der Waals surface area contributed by atoms with E-state index in [0.29, 0.717) is 6.42 Å². The zero-order valence-electron chi connectivity index (χ0n) is 13.5. The van der Waals surface area contributed by atoms with Gasteiger partial charge in [0.25, 0.3) is 5.91 Å². The number of aryl methyl sites for hydroxylation is 1. The Kier molecular flexibility index (Phi) is 3.55. The summed E-state index contributed by atoms with van der Waals surface area (Å²) in [5.74, 6) is -0.562. The number of rotatable bonds is 3. The fourth-order valence-corrected chi connectivity index (χ4v) is 3.76. The van der Waals surface area contributed by atoms with Gasteiger partial charge in [-0.3, -0.25) is 14.5 Å². The van der Waals surface area contributed by atoms with Gasteiger partial charge in [-0.2, -0.15) is 0 Å². The first-order chi connectivity index (χ1) is 11.6. The minimum absolute atomic E-state index is 0.203. The highest BCUT2D eigenvalue weighted by Crippen LogP contribution is 2.38. The lowest BCUT2D eigenvalue weighted by Crippen LogP contribution is -2.45. The van der Waals surface area contributed by atoms with Crippen LogP contribution in [-0.4, -0.2) is 35.3 Å². The van der Waals surface area contributed by atoms with Crippen LogP contribution in [0.25, 0.3) is 0 Å². The Morgan fingerprint density at radius 3 is 2.83 bits per heavy atom. The van der Waals surface area contributed by atoms with E-state index in [1.54, 1.807) is 0 Å². The zero-order valence-corrected chi connectivity index (χ0v) is 13.5. The third-order valence-electron chi connectivity index (χ3n) is 5.14. The van der Waals surface area contributed by atoms with Crippen LogP contribution in [-0.2, 0) is 21.5 Å². The van der Waals surface area contributed by atoms with Gasteiger partial charge in [-0.25, -0.2) is 4.79 Å². The van der Waals surface area contributed by atoms with Gasteiger partial charge in [0.15, 0.2) is 0 Å².